The molecule has 0 aromatic heterocycles. The second-order valence-corrected chi connectivity index (χ2v) is 7.04. The van der Waals surface area contributed by atoms with Gasteiger partial charge in [-0.15, -0.1) is 0 Å². The molecule has 1 saturated heterocycles. The SMILES string of the molecule is CCOc1ccc(C(F)c2cc(C3CC(O)CC(CO)O3)ccc2C)cc1. The Bertz CT molecular complexity index is 746. The van der Waals surface area contributed by atoms with E-state index in [-0.39, 0.29) is 12.7 Å². The molecule has 0 saturated carbocycles. The van der Waals surface area contributed by atoms with Gasteiger partial charge in [0.25, 0.3) is 0 Å². The van der Waals surface area contributed by atoms with Crippen molar-refractivity contribution >= 4 is 0 Å². The van der Waals surface area contributed by atoms with Crippen molar-refractivity contribution in [2.45, 2.75) is 51.2 Å². The maximum Gasteiger partial charge on any atom is 0.151 e. The number of halogens is 1. The number of aliphatic hydroxyl groups is 2. The topological polar surface area (TPSA) is 58.9 Å². The highest BCUT2D eigenvalue weighted by Crippen LogP contribution is 2.36. The van der Waals surface area contributed by atoms with E-state index in [1.54, 1.807) is 24.3 Å². The average molecular weight is 374 g/mol. The fourth-order valence-electron chi connectivity index (χ4n) is 3.53. The minimum atomic E-state index is -1.26. The van der Waals surface area contributed by atoms with E-state index in [0.29, 0.717) is 30.6 Å². The van der Waals surface area contributed by atoms with Gasteiger partial charge in [-0.1, -0.05) is 24.3 Å². The van der Waals surface area contributed by atoms with Crippen LogP contribution in [0.3, 0.4) is 0 Å². The molecule has 2 aromatic carbocycles. The van der Waals surface area contributed by atoms with Crippen LogP contribution in [0, 0.1) is 6.92 Å². The molecule has 27 heavy (non-hydrogen) atoms. The molecule has 0 aliphatic carbocycles. The molecule has 1 heterocycles. The Balaban J connectivity index is 1.84. The smallest absolute Gasteiger partial charge is 0.151 e. The first-order valence-corrected chi connectivity index (χ1v) is 9.43. The summed E-state index contributed by atoms with van der Waals surface area (Å²) >= 11 is 0. The van der Waals surface area contributed by atoms with Crippen LogP contribution in [0.15, 0.2) is 42.5 Å². The average Bonchev–Trinajstić information content (AvgIpc) is 2.68. The number of benzene rings is 2. The van der Waals surface area contributed by atoms with Crippen LogP contribution in [-0.4, -0.2) is 35.6 Å². The molecule has 2 aromatic rings. The largest absolute Gasteiger partial charge is 0.494 e. The highest BCUT2D eigenvalue weighted by molar-refractivity contribution is 5.40. The van der Waals surface area contributed by atoms with Crippen molar-refractivity contribution in [2.75, 3.05) is 13.2 Å². The van der Waals surface area contributed by atoms with Gasteiger partial charge in [-0.05, 0) is 54.3 Å². The van der Waals surface area contributed by atoms with Crippen molar-refractivity contribution in [1.29, 1.82) is 0 Å². The minimum absolute atomic E-state index is 0.135. The quantitative estimate of drug-likeness (QED) is 0.802. The second kappa shape index (κ2) is 8.83. The van der Waals surface area contributed by atoms with Gasteiger partial charge in [0.2, 0.25) is 0 Å². The molecular formula is C22H27FO4. The van der Waals surface area contributed by atoms with Crippen LogP contribution >= 0.6 is 0 Å². The van der Waals surface area contributed by atoms with Crippen molar-refractivity contribution in [3.63, 3.8) is 0 Å². The maximum atomic E-state index is 15.2. The predicted molar refractivity (Wildman–Crippen MR) is 102 cm³/mol. The third-order valence-corrected chi connectivity index (χ3v) is 5.01. The fraction of sp³-hybridized carbons (Fsp3) is 0.455. The first kappa shape index (κ1) is 19.8. The first-order valence-electron chi connectivity index (χ1n) is 9.43. The Hall–Kier alpha value is -1.95. The van der Waals surface area contributed by atoms with Crippen molar-refractivity contribution in [1.82, 2.24) is 0 Å². The van der Waals surface area contributed by atoms with Gasteiger partial charge >= 0.3 is 0 Å². The molecule has 1 aliphatic heterocycles. The number of rotatable bonds is 6. The van der Waals surface area contributed by atoms with Crippen LogP contribution in [0.5, 0.6) is 5.75 Å². The van der Waals surface area contributed by atoms with E-state index in [1.807, 2.05) is 32.0 Å². The summed E-state index contributed by atoms with van der Waals surface area (Å²) in [4.78, 5) is 0. The van der Waals surface area contributed by atoms with Gasteiger partial charge in [-0.3, -0.25) is 0 Å². The van der Waals surface area contributed by atoms with Gasteiger partial charge in [-0.25, -0.2) is 4.39 Å². The van der Waals surface area contributed by atoms with Gasteiger partial charge < -0.3 is 19.7 Å². The summed E-state index contributed by atoms with van der Waals surface area (Å²) in [5.41, 5.74) is 2.83. The summed E-state index contributed by atoms with van der Waals surface area (Å²) < 4.78 is 26.5. The lowest BCUT2D eigenvalue weighted by Crippen LogP contribution is -2.33. The van der Waals surface area contributed by atoms with Crippen LogP contribution in [0.2, 0.25) is 0 Å². The van der Waals surface area contributed by atoms with Gasteiger partial charge in [0.1, 0.15) is 5.75 Å². The third-order valence-electron chi connectivity index (χ3n) is 5.01. The van der Waals surface area contributed by atoms with Gasteiger partial charge in [0, 0.05) is 12.8 Å². The van der Waals surface area contributed by atoms with Crippen LogP contribution in [0.4, 0.5) is 4.39 Å². The zero-order valence-electron chi connectivity index (χ0n) is 15.8. The predicted octanol–water partition coefficient (Wildman–Crippen LogP) is 4.03. The molecule has 3 rings (SSSR count). The molecule has 4 nitrogen and oxygen atoms in total. The van der Waals surface area contributed by atoms with Crippen LogP contribution < -0.4 is 4.74 Å². The van der Waals surface area contributed by atoms with Crippen LogP contribution in [0.25, 0.3) is 0 Å². The van der Waals surface area contributed by atoms with E-state index in [2.05, 4.69) is 0 Å². The molecule has 0 amide bonds. The molecule has 1 fully saturated rings. The number of alkyl halides is 1. The lowest BCUT2D eigenvalue weighted by Gasteiger charge is -2.33. The Morgan fingerprint density at radius 3 is 2.59 bits per heavy atom. The molecule has 146 valence electrons. The molecule has 4 atom stereocenters. The molecule has 0 spiro atoms. The van der Waals surface area contributed by atoms with E-state index in [4.69, 9.17) is 9.47 Å². The number of hydrogen-bond acceptors (Lipinski definition) is 4. The molecule has 0 bridgehead atoms. The summed E-state index contributed by atoms with van der Waals surface area (Å²) in [7, 11) is 0. The highest BCUT2D eigenvalue weighted by Gasteiger charge is 2.29. The number of aliphatic hydroxyl groups excluding tert-OH is 2. The standard InChI is InChI=1S/C22H27FO4/c1-3-26-18-8-6-15(7-9-18)22(23)20-10-16(5-4-14(20)2)21-12-17(25)11-19(13-24)27-21/h4-10,17,19,21-22,24-25H,3,11-13H2,1-2H3. The van der Waals surface area contributed by atoms with Crippen molar-refractivity contribution < 1.29 is 24.1 Å². The molecule has 0 radical (unpaired) electrons. The zero-order chi connectivity index (χ0) is 19.4. The summed E-state index contributed by atoms with van der Waals surface area (Å²) in [6, 6.07) is 12.6. The molecule has 5 heteroatoms. The second-order valence-electron chi connectivity index (χ2n) is 7.04. The van der Waals surface area contributed by atoms with Gasteiger partial charge in [0.05, 0.1) is 31.5 Å². The zero-order valence-corrected chi connectivity index (χ0v) is 15.8. The van der Waals surface area contributed by atoms with Crippen molar-refractivity contribution in [3.8, 4) is 5.75 Å². The monoisotopic (exact) mass is 374 g/mol. The molecule has 4 unspecified atom stereocenters. The first-order chi connectivity index (χ1) is 13.0. The van der Waals surface area contributed by atoms with Gasteiger partial charge in [-0.2, -0.15) is 0 Å². The van der Waals surface area contributed by atoms with Crippen LogP contribution in [-0.2, 0) is 4.74 Å². The highest BCUT2D eigenvalue weighted by atomic mass is 19.1. The number of aryl methyl sites for hydroxylation is 1. The number of hydrogen-bond donors (Lipinski definition) is 2. The summed E-state index contributed by atoms with van der Waals surface area (Å²) in [6.07, 6.45) is -1.67. The molecule has 1 aliphatic rings. The normalized spacial score (nSPS) is 23.8. The Morgan fingerprint density at radius 1 is 1.19 bits per heavy atom. The summed E-state index contributed by atoms with van der Waals surface area (Å²) in [5, 5.41) is 19.4. The van der Waals surface area contributed by atoms with Crippen LogP contribution in [0.1, 0.15) is 54.3 Å². The fourth-order valence-corrected chi connectivity index (χ4v) is 3.53. The van der Waals surface area contributed by atoms with E-state index in [0.717, 1.165) is 16.9 Å². The maximum absolute atomic E-state index is 15.2. The Morgan fingerprint density at radius 2 is 1.93 bits per heavy atom. The Labute approximate surface area is 159 Å². The van der Waals surface area contributed by atoms with E-state index >= 15 is 4.39 Å². The molecular weight excluding hydrogens is 347 g/mol. The third kappa shape index (κ3) is 4.67. The van der Waals surface area contributed by atoms with E-state index < -0.39 is 18.4 Å². The van der Waals surface area contributed by atoms with Crippen molar-refractivity contribution in [3.05, 3.63) is 64.7 Å². The lowest BCUT2D eigenvalue weighted by atomic mass is 9.91. The summed E-state index contributed by atoms with van der Waals surface area (Å²) in [5.74, 6) is 0.721. The van der Waals surface area contributed by atoms with Crippen molar-refractivity contribution in [2.24, 2.45) is 0 Å². The lowest BCUT2D eigenvalue weighted by molar-refractivity contribution is -0.113. The van der Waals surface area contributed by atoms with E-state index in [9.17, 15) is 10.2 Å². The van der Waals surface area contributed by atoms with Gasteiger partial charge in [0.15, 0.2) is 6.17 Å². The Kier molecular flexibility index (Phi) is 6.47. The summed E-state index contributed by atoms with van der Waals surface area (Å²) in [6.45, 7) is 4.23. The van der Waals surface area contributed by atoms with E-state index in [1.165, 1.54) is 0 Å². The molecule has 2 N–H and O–H groups in total. The minimum Gasteiger partial charge on any atom is -0.494 e. The number of ether oxygens (including phenoxy) is 2.